The fraction of sp³-hybridized carbons (Fsp3) is 0.333. The number of ether oxygens (including phenoxy) is 5. The molecule has 0 atom stereocenters. The minimum atomic E-state index is -0.476. The second-order valence-corrected chi connectivity index (χ2v) is 6.85. The van der Waals surface area contributed by atoms with Crippen molar-refractivity contribution in [1.29, 1.82) is 0 Å². The summed E-state index contributed by atoms with van der Waals surface area (Å²) < 4.78 is 32.6. The molecule has 1 aromatic heterocycles. The SMILES string of the molecule is CCOc1ccc(OCCOC(=O)c2ccc(OCc3c(C)noc3C)c(OC)c2)cc1. The van der Waals surface area contributed by atoms with Gasteiger partial charge >= 0.3 is 5.97 Å². The summed E-state index contributed by atoms with van der Waals surface area (Å²) in [6, 6.07) is 12.1. The van der Waals surface area contributed by atoms with E-state index in [1.807, 2.05) is 32.9 Å². The highest BCUT2D eigenvalue weighted by molar-refractivity contribution is 5.90. The number of esters is 1. The third kappa shape index (κ3) is 5.94. The fourth-order valence-corrected chi connectivity index (χ4v) is 2.95. The lowest BCUT2D eigenvalue weighted by molar-refractivity contribution is 0.0450. The molecule has 170 valence electrons. The van der Waals surface area contributed by atoms with E-state index in [4.69, 9.17) is 28.2 Å². The van der Waals surface area contributed by atoms with Crippen molar-refractivity contribution in [3.05, 3.63) is 65.0 Å². The Bertz CT molecular complexity index is 1010. The van der Waals surface area contributed by atoms with E-state index in [1.165, 1.54) is 7.11 Å². The minimum absolute atomic E-state index is 0.110. The van der Waals surface area contributed by atoms with Crippen LogP contribution in [0.5, 0.6) is 23.0 Å². The normalized spacial score (nSPS) is 10.5. The van der Waals surface area contributed by atoms with Crippen molar-refractivity contribution in [2.24, 2.45) is 0 Å². The number of carbonyl (C=O) groups is 1. The molecule has 0 spiro atoms. The van der Waals surface area contributed by atoms with Crippen LogP contribution in [0.3, 0.4) is 0 Å². The third-order valence-corrected chi connectivity index (χ3v) is 4.67. The summed E-state index contributed by atoms with van der Waals surface area (Å²) >= 11 is 0. The number of rotatable bonds is 11. The number of nitrogens with zero attached hydrogens (tertiary/aromatic N) is 1. The Hall–Kier alpha value is -3.68. The zero-order chi connectivity index (χ0) is 22.9. The zero-order valence-corrected chi connectivity index (χ0v) is 18.7. The Morgan fingerprint density at radius 3 is 2.28 bits per heavy atom. The van der Waals surface area contributed by atoms with Crippen molar-refractivity contribution in [2.75, 3.05) is 26.9 Å². The monoisotopic (exact) mass is 441 g/mol. The molecule has 2 aromatic carbocycles. The van der Waals surface area contributed by atoms with Crippen LogP contribution in [0.1, 0.15) is 34.3 Å². The highest BCUT2D eigenvalue weighted by Gasteiger charge is 2.15. The van der Waals surface area contributed by atoms with Crippen molar-refractivity contribution in [3.63, 3.8) is 0 Å². The molecule has 0 N–H and O–H groups in total. The van der Waals surface area contributed by atoms with Gasteiger partial charge < -0.3 is 28.2 Å². The van der Waals surface area contributed by atoms with Gasteiger partial charge in [0.25, 0.3) is 0 Å². The molecular formula is C24H27NO7. The van der Waals surface area contributed by atoms with E-state index in [0.29, 0.717) is 35.2 Å². The molecule has 3 rings (SSSR count). The summed E-state index contributed by atoms with van der Waals surface area (Å²) in [6.07, 6.45) is 0. The van der Waals surface area contributed by atoms with Crippen LogP contribution in [-0.2, 0) is 11.3 Å². The van der Waals surface area contributed by atoms with Crippen LogP contribution in [-0.4, -0.2) is 38.1 Å². The van der Waals surface area contributed by atoms with Crippen molar-refractivity contribution in [3.8, 4) is 23.0 Å². The largest absolute Gasteiger partial charge is 0.494 e. The van der Waals surface area contributed by atoms with E-state index in [-0.39, 0.29) is 19.8 Å². The van der Waals surface area contributed by atoms with E-state index in [2.05, 4.69) is 5.16 Å². The van der Waals surface area contributed by atoms with Crippen LogP contribution in [0.25, 0.3) is 0 Å². The first kappa shape index (κ1) is 23.0. The van der Waals surface area contributed by atoms with E-state index < -0.39 is 5.97 Å². The van der Waals surface area contributed by atoms with E-state index in [9.17, 15) is 4.79 Å². The maximum absolute atomic E-state index is 12.4. The van der Waals surface area contributed by atoms with Gasteiger partial charge in [-0.1, -0.05) is 5.16 Å². The minimum Gasteiger partial charge on any atom is -0.494 e. The molecule has 0 amide bonds. The molecule has 0 unspecified atom stereocenters. The molecule has 32 heavy (non-hydrogen) atoms. The van der Waals surface area contributed by atoms with Gasteiger partial charge in [0, 0.05) is 0 Å². The maximum atomic E-state index is 12.4. The second kappa shape index (κ2) is 11.1. The fourth-order valence-electron chi connectivity index (χ4n) is 2.95. The molecule has 0 saturated heterocycles. The molecule has 0 aliphatic rings. The molecule has 0 saturated carbocycles. The Balaban J connectivity index is 1.50. The molecule has 8 heteroatoms. The Kier molecular flexibility index (Phi) is 7.96. The Morgan fingerprint density at radius 2 is 1.66 bits per heavy atom. The lowest BCUT2D eigenvalue weighted by Crippen LogP contribution is -2.12. The van der Waals surface area contributed by atoms with E-state index in [1.54, 1.807) is 30.3 Å². The van der Waals surface area contributed by atoms with Gasteiger partial charge in [-0.2, -0.15) is 0 Å². The number of methoxy groups -OCH3 is 1. The van der Waals surface area contributed by atoms with Crippen LogP contribution in [0, 0.1) is 13.8 Å². The van der Waals surface area contributed by atoms with Gasteiger partial charge in [-0.3, -0.25) is 0 Å². The van der Waals surface area contributed by atoms with Gasteiger partial charge in [-0.05, 0) is 63.2 Å². The average Bonchev–Trinajstić information content (AvgIpc) is 3.13. The van der Waals surface area contributed by atoms with Gasteiger partial charge in [0.1, 0.15) is 37.1 Å². The van der Waals surface area contributed by atoms with Crippen molar-refractivity contribution in [2.45, 2.75) is 27.4 Å². The molecule has 0 aliphatic heterocycles. The smallest absolute Gasteiger partial charge is 0.338 e. The maximum Gasteiger partial charge on any atom is 0.338 e. The lowest BCUT2D eigenvalue weighted by Gasteiger charge is -2.12. The molecule has 0 aliphatic carbocycles. The van der Waals surface area contributed by atoms with Crippen LogP contribution >= 0.6 is 0 Å². The first-order valence-electron chi connectivity index (χ1n) is 10.3. The third-order valence-electron chi connectivity index (χ3n) is 4.67. The number of carbonyl (C=O) groups excluding carboxylic acids is 1. The van der Waals surface area contributed by atoms with Gasteiger partial charge in [-0.15, -0.1) is 0 Å². The summed E-state index contributed by atoms with van der Waals surface area (Å²) in [6.45, 7) is 6.84. The highest BCUT2D eigenvalue weighted by atomic mass is 16.6. The summed E-state index contributed by atoms with van der Waals surface area (Å²) in [7, 11) is 1.51. The zero-order valence-electron chi connectivity index (χ0n) is 18.7. The quantitative estimate of drug-likeness (QED) is 0.317. The predicted molar refractivity (Wildman–Crippen MR) is 117 cm³/mol. The molecular weight excluding hydrogens is 414 g/mol. The first-order chi connectivity index (χ1) is 15.5. The second-order valence-electron chi connectivity index (χ2n) is 6.85. The van der Waals surface area contributed by atoms with Crippen LogP contribution in [0.2, 0.25) is 0 Å². The van der Waals surface area contributed by atoms with Crippen LogP contribution in [0.4, 0.5) is 0 Å². The standard InChI is InChI=1S/C24H27NO7/c1-5-28-19-7-9-20(10-8-19)29-12-13-30-24(26)18-6-11-22(23(14-18)27-4)31-15-21-16(2)25-32-17(21)3/h6-11,14H,5,12-13,15H2,1-4H3. The summed E-state index contributed by atoms with van der Waals surface area (Å²) in [4.78, 5) is 12.4. The first-order valence-corrected chi connectivity index (χ1v) is 10.3. The molecule has 1 heterocycles. The van der Waals surface area contributed by atoms with E-state index in [0.717, 1.165) is 17.0 Å². The van der Waals surface area contributed by atoms with Gasteiger partial charge in [-0.25, -0.2) is 4.79 Å². The molecule has 8 nitrogen and oxygen atoms in total. The Morgan fingerprint density at radius 1 is 0.938 bits per heavy atom. The van der Waals surface area contributed by atoms with E-state index >= 15 is 0 Å². The number of benzene rings is 2. The molecule has 0 bridgehead atoms. The highest BCUT2D eigenvalue weighted by Crippen LogP contribution is 2.30. The summed E-state index contributed by atoms with van der Waals surface area (Å²) in [5.41, 5.74) is 2.00. The lowest BCUT2D eigenvalue weighted by atomic mass is 10.2. The Labute approximate surface area is 187 Å². The van der Waals surface area contributed by atoms with Gasteiger partial charge in [0.2, 0.25) is 0 Å². The van der Waals surface area contributed by atoms with Crippen LogP contribution in [0.15, 0.2) is 47.0 Å². The van der Waals surface area contributed by atoms with Crippen molar-refractivity contribution >= 4 is 5.97 Å². The summed E-state index contributed by atoms with van der Waals surface area (Å²) in [5.74, 6) is 2.61. The average molecular weight is 441 g/mol. The molecule has 0 radical (unpaired) electrons. The van der Waals surface area contributed by atoms with Crippen molar-refractivity contribution in [1.82, 2.24) is 5.16 Å². The topological polar surface area (TPSA) is 89.3 Å². The number of hydrogen-bond donors (Lipinski definition) is 0. The van der Waals surface area contributed by atoms with Gasteiger partial charge in [0.15, 0.2) is 11.5 Å². The van der Waals surface area contributed by atoms with Crippen molar-refractivity contribution < 1.29 is 33.0 Å². The predicted octanol–water partition coefficient (Wildman–Crippen LogP) is 4.51. The molecule has 0 fully saturated rings. The summed E-state index contributed by atoms with van der Waals surface area (Å²) in [5, 5.41) is 3.91. The number of hydrogen-bond acceptors (Lipinski definition) is 8. The molecule has 3 aromatic rings. The van der Waals surface area contributed by atoms with Crippen LogP contribution < -0.4 is 18.9 Å². The number of aromatic nitrogens is 1. The number of aryl methyl sites for hydroxylation is 2. The van der Waals surface area contributed by atoms with Gasteiger partial charge in [0.05, 0.1) is 30.5 Å².